The molecule has 0 spiro atoms. The molecule has 0 unspecified atom stereocenters. The van der Waals surface area contributed by atoms with Crippen LogP contribution in [0.1, 0.15) is 6.92 Å². The Kier molecular flexibility index (Phi) is 13.6. The Morgan fingerprint density at radius 3 is 2.09 bits per heavy atom. The Morgan fingerprint density at radius 2 is 1.47 bits per heavy atom. The summed E-state index contributed by atoms with van der Waals surface area (Å²) in [6.07, 6.45) is -1.24. The molecule has 7 N–H and O–H groups in total. The van der Waals surface area contributed by atoms with Crippen LogP contribution in [0, 0.1) is 6.08 Å². The maximum absolute atomic E-state index is 14.4. The van der Waals surface area contributed by atoms with E-state index in [1.54, 1.807) is 0 Å². The Bertz CT molecular complexity index is 2320. The first-order valence-corrected chi connectivity index (χ1v) is 19.5. The van der Waals surface area contributed by atoms with E-state index in [4.69, 9.17) is 14.0 Å². The number of benzene rings is 3. The van der Waals surface area contributed by atoms with Crippen molar-refractivity contribution in [1.82, 2.24) is 15.0 Å². The number of anilines is 6. The number of carbonyl (C=O) groups is 1. The highest BCUT2D eigenvalue weighted by Gasteiger charge is 2.19. The lowest BCUT2D eigenvalue weighted by Crippen LogP contribution is -2.13. The van der Waals surface area contributed by atoms with Gasteiger partial charge in [-0.2, -0.15) is 36.2 Å². The predicted octanol–water partition coefficient (Wildman–Crippen LogP) is 4.15. The SMILES string of the molecule is CC(=O)Nc1cc(NCS(=O)(=O)O)ccc1/N=N/c1cc(Nc2nc(F)nc(Nc3ccc(S(=O)(=O)CCOSOOO)cc3)n2)ccc1S(=O)(=O)O. The molecule has 1 amide bonds. The van der Waals surface area contributed by atoms with E-state index < -0.39 is 64.3 Å². The summed E-state index contributed by atoms with van der Waals surface area (Å²) in [4.78, 5) is 22.2. The molecule has 0 bridgehead atoms. The lowest BCUT2D eigenvalue weighted by Gasteiger charge is -2.11. The van der Waals surface area contributed by atoms with Crippen LogP contribution >= 0.6 is 12.3 Å². The average Bonchev–Trinajstić information content (AvgIpc) is 3.06. The fourth-order valence-electron chi connectivity index (χ4n) is 3.99. The molecule has 0 aliphatic carbocycles. The smallest absolute Gasteiger partial charge is 0.315 e. The third kappa shape index (κ3) is 12.9. The molecule has 0 saturated carbocycles. The Labute approximate surface area is 303 Å². The molecule has 0 fully saturated rings. The number of hydrogen-bond donors (Lipinski definition) is 7. The minimum atomic E-state index is -4.87. The summed E-state index contributed by atoms with van der Waals surface area (Å²) < 4.78 is 113. The van der Waals surface area contributed by atoms with Crippen molar-refractivity contribution in [1.29, 1.82) is 0 Å². The Balaban J connectivity index is 1.55. The molecule has 1 aromatic heterocycles. The molecule has 3 aromatic carbocycles. The molecule has 0 saturated heterocycles. The van der Waals surface area contributed by atoms with E-state index >= 15 is 0 Å². The van der Waals surface area contributed by atoms with E-state index in [9.17, 15) is 39.0 Å². The van der Waals surface area contributed by atoms with E-state index in [1.807, 2.05) is 0 Å². The third-order valence-corrected chi connectivity index (χ3v) is 9.63. The van der Waals surface area contributed by atoms with Gasteiger partial charge in [0.25, 0.3) is 20.2 Å². The predicted molar refractivity (Wildman–Crippen MR) is 184 cm³/mol. The molecule has 4 aromatic rings. The van der Waals surface area contributed by atoms with Gasteiger partial charge in [-0.3, -0.25) is 18.1 Å². The number of azo groups is 1. The van der Waals surface area contributed by atoms with Crippen LogP contribution in [0.3, 0.4) is 0 Å². The second-order valence-electron chi connectivity index (χ2n) is 10.1. The first-order valence-electron chi connectivity index (χ1n) is 14.1. The molecule has 0 radical (unpaired) electrons. The van der Waals surface area contributed by atoms with Gasteiger partial charge in [-0.15, -0.1) is 14.6 Å². The summed E-state index contributed by atoms with van der Waals surface area (Å²) in [5.41, 5.74) is -0.0270. The van der Waals surface area contributed by atoms with Crippen molar-refractivity contribution >= 4 is 94.3 Å². The second-order valence-corrected chi connectivity index (χ2v) is 15.5. The zero-order valence-corrected chi connectivity index (χ0v) is 29.8. The van der Waals surface area contributed by atoms with Crippen molar-refractivity contribution < 1.29 is 62.4 Å². The van der Waals surface area contributed by atoms with Crippen LogP contribution in [0.15, 0.2) is 80.7 Å². The number of amides is 1. The van der Waals surface area contributed by atoms with E-state index in [2.05, 4.69) is 55.8 Å². The van der Waals surface area contributed by atoms with Crippen LogP contribution in [0.5, 0.6) is 0 Å². The van der Waals surface area contributed by atoms with Crippen molar-refractivity contribution in [3.8, 4) is 0 Å². The summed E-state index contributed by atoms with van der Waals surface area (Å²) in [5, 5.41) is 29.4. The number of carbonyl (C=O) groups excluding carboxylic acids is 1. The summed E-state index contributed by atoms with van der Waals surface area (Å²) in [6, 6.07) is 12.3. The number of halogens is 1. The first kappa shape index (κ1) is 40.8. The lowest BCUT2D eigenvalue weighted by molar-refractivity contribution is -0.434. The van der Waals surface area contributed by atoms with Crippen LogP contribution in [-0.2, 0) is 48.4 Å². The molecule has 27 heteroatoms. The third-order valence-electron chi connectivity index (χ3n) is 6.14. The molecular formula is C26H26FN9O13S4. The van der Waals surface area contributed by atoms with Gasteiger partial charge < -0.3 is 21.3 Å². The van der Waals surface area contributed by atoms with Crippen LogP contribution < -0.4 is 21.3 Å². The fraction of sp³-hybridized carbons (Fsp3) is 0.154. The van der Waals surface area contributed by atoms with Crippen LogP contribution in [0.4, 0.5) is 50.4 Å². The summed E-state index contributed by atoms with van der Waals surface area (Å²) >= 11 is 0.226. The molecule has 22 nitrogen and oxygen atoms in total. The molecule has 4 rings (SSSR count). The highest BCUT2D eigenvalue weighted by atomic mass is 32.2. The van der Waals surface area contributed by atoms with Gasteiger partial charge in [0.05, 0.1) is 22.9 Å². The Hall–Kier alpha value is -4.97. The van der Waals surface area contributed by atoms with Crippen LogP contribution in [0.2, 0.25) is 0 Å². The van der Waals surface area contributed by atoms with Gasteiger partial charge in [-0.25, -0.2) is 13.7 Å². The van der Waals surface area contributed by atoms with Gasteiger partial charge in [0.2, 0.25) is 17.8 Å². The minimum Gasteiger partial charge on any atom is -0.370 e. The fourth-order valence-corrected chi connectivity index (χ4v) is 6.35. The number of aromatic nitrogens is 3. The summed E-state index contributed by atoms with van der Waals surface area (Å²) in [5.74, 6) is -2.53. The van der Waals surface area contributed by atoms with Gasteiger partial charge in [0.15, 0.2) is 22.2 Å². The monoisotopic (exact) mass is 819 g/mol. The van der Waals surface area contributed by atoms with Crippen molar-refractivity contribution in [3.05, 3.63) is 66.7 Å². The van der Waals surface area contributed by atoms with Gasteiger partial charge in [-0.1, -0.05) is 5.04 Å². The van der Waals surface area contributed by atoms with E-state index in [-0.39, 0.29) is 64.2 Å². The molecule has 0 aliphatic heterocycles. The van der Waals surface area contributed by atoms with Crippen molar-refractivity contribution in [2.45, 2.75) is 16.7 Å². The maximum atomic E-state index is 14.4. The number of hydrogen-bond acceptors (Lipinski definition) is 20. The largest absolute Gasteiger partial charge is 0.370 e. The molecular weight excluding hydrogens is 794 g/mol. The van der Waals surface area contributed by atoms with Gasteiger partial charge >= 0.3 is 6.08 Å². The number of sulfone groups is 1. The standard InChI is InChI=1S/C26H26FN9O13S4/c1-15(37)29-21-12-17(28-14-52(41,42)43)4-8-20(21)35-36-22-13-18(5-9-23(22)53(44,45)46)31-26-33-24(27)32-25(34-26)30-16-2-6-19(7-3-16)51(39,40)11-10-47-50-49-48-38/h2-9,12-13,28,38H,10-11,14H2,1H3,(H,29,37)(H,41,42,43)(H,44,45,46)(H2,30,31,32,33,34)/b36-35+. The molecule has 284 valence electrons. The van der Waals surface area contributed by atoms with E-state index in [0.29, 0.717) is 0 Å². The van der Waals surface area contributed by atoms with Crippen molar-refractivity contribution in [2.75, 3.05) is 39.5 Å². The first-order chi connectivity index (χ1) is 24.9. The summed E-state index contributed by atoms with van der Waals surface area (Å²) in [6.45, 7) is 0.877. The lowest BCUT2D eigenvalue weighted by atomic mass is 10.2. The number of nitrogens with one attached hydrogen (secondary N) is 4. The zero-order chi connectivity index (χ0) is 38.8. The Morgan fingerprint density at radius 1 is 0.849 bits per heavy atom. The quantitative estimate of drug-likeness (QED) is 0.0185. The van der Waals surface area contributed by atoms with E-state index in [1.165, 1.54) is 55.5 Å². The number of nitrogens with zero attached hydrogens (tertiary/aromatic N) is 5. The number of rotatable bonds is 18. The highest BCUT2D eigenvalue weighted by Crippen LogP contribution is 2.34. The van der Waals surface area contributed by atoms with Crippen molar-refractivity contribution in [2.24, 2.45) is 10.2 Å². The van der Waals surface area contributed by atoms with Gasteiger partial charge in [0, 0.05) is 24.0 Å². The van der Waals surface area contributed by atoms with Crippen molar-refractivity contribution in [3.63, 3.8) is 0 Å². The maximum Gasteiger partial charge on any atom is 0.315 e. The summed E-state index contributed by atoms with van der Waals surface area (Å²) in [7, 11) is -13.0. The zero-order valence-electron chi connectivity index (χ0n) is 26.6. The van der Waals surface area contributed by atoms with Gasteiger partial charge in [-0.05, 0) is 60.7 Å². The molecule has 1 heterocycles. The molecule has 0 atom stereocenters. The van der Waals surface area contributed by atoms with Crippen LogP contribution in [0.25, 0.3) is 0 Å². The van der Waals surface area contributed by atoms with Crippen LogP contribution in [-0.4, -0.2) is 78.7 Å². The second kappa shape index (κ2) is 17.7. The highest BCUT2D eigenvalue weighted by molar-refractivity contribution is 7.91. The molecule has 53 heavy (non-hydrogen) atoms. The normalized spacial score (nSPS) is 12.1. The molecule has 0 aliphatic rings. The topological polar surface area (TPSA) is 319 Å². The minimum absolute atomic E-state index is 0.00627. The van der Waals surface area contributed by atoms with Gasteiger partial charge in [0.1, 0.15) is 22.1 Å². The average molecular weight is 820 g/mol. The van der Waals surface area contributed by atoms with E-state index in [0.717, 1.165) is 12.1 Å².